The van der Waals surface area contributed by atoms with E-state index in [0.717, 1.165) is 4.90 Å². The van der Waals surface area contributed by atoms with E-state index in [1.165, 1.54) is 14.2 Å². The van der Waals surface area contributed by atoms with Crippen molar-refractivity contribution in [2.75, 3.05) is 20.8 Å². The van der Waals surface area contributed by atoms with Gasteiger partial charge in [-0.15, -0.1) is 0 Å². The average molecular weight is 313 g/mol. The maximum atomic E-state index is 12.7. The van der Waals surface area contributed by atoms with Crippen LogP contribution in [0.1, 0.15) is 27.2 Å². The smallest absolute Gasteiger partial charge is 0.412 e. The number of nitrogens with zero attached hydrogens (tertiary/aromatic N) is 1. The van der Waals surface area contributed by atoms with Gasteiger partial charge in [0.15, 0.2) is 11.6 Å². The highest BCUT2D eigenvalue weighted by Crippen LogP contribution is 2.64. The Morgan fingerprint density at radius 1 is 1.32 bits per heavy atom. The molecule has 0 aromatic heterocycles. The molecular weight excluding hydrogens is 290 g/mol. The Morgan fingerprint density at radius 3 is 2.36 bits per heavy atom. The third-order valence-corrected chi connectivity index (χ3v) is 5.12. The van der Waals surface area contributed by atoms with Crippen molar-refractivity contribution >= 4 is 11.9 Å². The Bertz CT molecular complexity index is 523. The molecule has 7 heteroatoms. The molecule has 0 unspecified atom stereocenters. The number of carbonyl (C=O) groups excluding carboxylic acids is 2. The third-order valence-electron chi connectivity index (χ3n) is 5.12. The number of aliphatic hydroxyl groups is 1. The van der Waals surface area contributed by atoms with E-state index < -0.39 is 40.8 Å². The van der Waals surface area contributed by atoms with Crippen molar-refractivity contribution in [2.24, 2.45) is 17.8 Å². The van der Waals surface area contributed by atoms with Gasteiger partial charge in [0.25, 0.3) is 0 Å². The summed E-state index contributed by atoms with van der Waals surface area (Å²) in [6, 6.07) is 0. The van der Waals surface area contributed by atoms with Gasteiger partial charge < -0.3 is 19.3 Å². The lowest BCUT2D eigenvalue weighted by Gasteiger charge is -2.35. The molecule has 22 heavy (non-hydrogen) atoms. The van der Waals surface area contributed by atoms with E-state index in [-0.39, 0.29) is 12.5 Å². The van der Waals surface area contributed by atoms with Crippen molar-refractivity contribution in [2.45, 2.75) is 44.3 Å². The van der Waals surface area contributed by atoms with Gasteiger partial charge in [-0.3, -0.25) is 9.69 Å². The Labute approximate surface area is 129 Å². The fourth-order valence-corrected chi connectivity index (χ4v) is 4.46. The first kappa shape index (κ1) is 15.7. The van der Waals surface area contributed by atoms with Crippen molar-refractivity contribution in [3.05, 3.63) is 0 Å². The van der Waals surface area contributed by atoms with Gasteiger partial charge in [-0.05, 0) is 33.1 Å². The maximum absolute atomic E-state index is 12.7. The molecule has 2 saturated carbocycles. The Kier molecular flexibility index (Phi) is 3.16. The highest BCUT2D eigenvalue weighted by molar-refractivity contribution is 5.97. The summed E-state index contributed by atoms with van der Waals surface area (Å²) >= 11 is 0. The summed E-state index contributed by atoms with van der Waals surface area (Å²) in [5, 5.41) is 11.0. The Morgan fingerprint density at radius 2 is 1.91 bits per heavy atom. The number of carbonyl (C=O) groups is 2. The standard InChI is InChI=1S/C15H23NO6/c1-13(2,3)22-12(18)16-7-8-6-9-11(17)14(16,19)10(8)15(9,20-4)21-5/h8-10,19H,6-7H2,1-5H3/t8-,9+,10-,14-/m1/s1. The third kappa shape index (κ3) is 1.67. The molecule has 1 heterocycles. The fourth-order valence-electron chi connectivity index (χ4n) is 4.46. The summed E-state index contributed by atoms with van der Waals surface area (Å²) < 4.78 is 16.3. The molecule has 2 aliphatic carbocycles. The number of fused-ring (bicyclic) bond motifs is 1. The van der Waals surface area contributed by atoms with E-state index in [4.69, 9.17) is 14.2 Å². The van der Waals surface area contributed by atoms with Crippen LogP contribution in [0.2, 0.25) is 0 Å². The lowest BCUT2D eigenvalue weighted by Crippen LogP contribution is -2.56. The molecule has 1 aliphatic heterocycles. The van der Waals surface area contributed by atoms with Crippen LogP contribution in [0.5, 0.6) is 0 Å². The zero-order chi connectivity index (χ0) is 16.5. The van der Waals surface area contributed by atoms with Crippen LogP contribution in [-0.2, 0) is 19.0 Å². The molecular formula is C15H23NO6. The van der Waals surface area contributed by atoms with Gasteiger partial charge >= 0.3 is 6.09 Å². The molecule has 3 rings (SSSR count). The first-order chi connectivity index (χ1) is 10.1. The van der Waals surface area contributed by atoms with Crippen LogP contribution >= 0.6 is 0 Å². The van der Waals surface area contributed by atoms with Gasteiger partial charge in [0.2, 0.25) is 5.72 Å². The second-order valence-electron chi connectivity index (χ2n) is 7.34. The number of rotatable bonds is 2. The number of ketones is 1. The summed E-state index contributed by atoms with van der Waals surface area (Å²) in [7, 11) is 2.93. The molecule has 4 atom stereocenters. The molecule has 7 nitrogen and oxygen atoms in total. The Balaban J connectivity index is 1.98. The van der Waals surface area contributed by atoms with E-state index in [0.29, 0.717) is 6.42 Å². The summed E-state index contributed by atoms with van der Waals surface area (Å²) in [6.45, 7) is 5.50. The molecule has 1 saturated heterocycles. The molecule has 3 fully saturated rings. The normalized spacial score (nSPS) is 38.7. The molecule has 0 spiro atoms. The number of Topliss-reactive ketones (excluding diaryl/α,β-unsaturated/α-hetero) is 1. The van der Waals surface area contributed by atoms with Crippen LogP contribution in [-0.4, -0.2) is 59.8 Å². The summed E-state index contributed by atoms with van der Waals surface area (Å²) in [5.74, 6) is -2.76. The predicted octanol–water partition coefficient (Wildman–Crippen LogP) is 0.750. The van der Waals surface area contributed by atoms with E-state index in [1.54, 1.807) is 20.8 Å². The van der Waals surface area contributed by atoms with Gasteiger partial charge in [0.05, 0.1) is 11.8 Å². The van der Waals surface area contributed by atoms with Gasteiger partial charge in [0.1, 0.15) is 5.60 Å². The van der Waals surface area contributed by atoms with Crippen LogP contribution in [0, 0.1) is 17.8 Å². The van der Waals surface area contributed by atoms with Crippen molar-refractivity contribution in [1.82, 2.24) is 4.90 Å². The quantitative estimate of drug-likeness (QED) is 0.757. The Hall–Kier alpha value is -1.18. The molecule has 124 valence electrons. The summed E-state index contributed by atoms with van der Waals surface area (Å²) in [5.41, 5.74) is -2.60. The molecule has 1 N–H and O–H groups in total. The fraction of sp³-hybridized carbons (Fsp3) is 0.867. The first-order valence-corrected chi connectivity index (χ1v) is 7.49. The van der Waals surface area contributed by atoms with Crippen LogP contribution < -0.4 is 0 Å². The summed E-state index contributed by atoms with van der Waals surface area (Å²) in [6.07, 6.45) is -0.133. The lowest BCUT2D eigenvalue weighted by molar-refractivity contribution is -0.251. The zero-order valence-electron chi connectivity index (χ0n) is 13.6. The molecule has 0 radical (unpaired) electrons. The lowest BCUT2D eigenvalue weighted by atomic mass is 9.86. The zero-order valence-corrected chi connectivity index (χ0v) is 13.6. The van der Waals surface area contributed by atoms with Gasteiger partial charge in [-0.25, -0.2) is 4.79 Å². The van der Waals surface area contributed by atoms with E-state index in [2.05, 4.69) is 0 Å². The number of methoxy groups -OCH3 is 2. The number of hydrogen-bond donors (Lipinski definition) is 1. The monoisotopic (exact) mass is 313 g/mol. The van der Waals surface area contributed by atoms with Crippen molar-refractivity contribution in [3.63, 3.8) is 0 Å². The first-order valence-electron chi connectivity index (χ1n) is 7.49. The highest BCUT2D eigenvalue weighted by Gasteiger charge is 2.81. The minimum absolute atomic E-state index is 0.0416. The minimum Gasteiger partial charge on any atom is -0.444 e. The predicted molar refractivity (Wildman–Crippen MR) is 74.7 cm³/mol. The van der Waals surface area contributed by atoms with Crippen LogP contribution in [0.3, 0.4) is 0 Å². The van der Waals surface area contributed by atoms with Crippen LogP contribution in [0.15, 0.2) is 0 Å². The number of ether oxygens (including phenoxy) is 3. The second kappa shape index (κ2) is 4.43. The van der Waals surface area contributed by atoms with E-state index in [1.807, 2.05) is 0 Å². The van der Waals surface area contributed by atoms with Gasteiger partial charge in [0, 0.05) is 20.8 Å². The number of likely N-dealkylation sites (tertiary alicyclic amines) is 1. The minimum atomic E-state index is -1.90. The molecule has 0 aromatic carbocycles. The largest absolute Gasteiger partial charge is 0.444 e. The second-order valence-corrected chi connectivity index (χ2v) is 7.34. The van der Waals surface area contributed by atoms with E-state index >= 15 is 0 Å². The van der Waals surface area contributed by atoms with Gasteiger partial charge in [-0.2, -0.15) is 0 Å². The molecule has 1 amide bonds. The number of hydrogen-bond acceptors (Lipinski definition) is 6. The topological polar surface area (TPSA) is 85.3 Å². The maximum Gasteiger partial charge on any atom is 0.412 e. The van der Waals surface area contributed by atoms with Crippen LogP contribution in [0.4, 0.5) is 4.79 Å². The van der Waals surface area contributed by atoms with Crippen LogP contribution in [0.25, 0.3) is 0 Å². The van der Waals surface area contributed by atoms with Crippen molar-refractivity contribution < 1.29 is 28.9 Å². The summed E-state index contributed by atoms with van der Waals surface area (Å²) in [4.78, 5) is 26.3. The molecule has 2 bridgehead atoms. The SMILES string of the molecule is COC1(OC)[C@H]2C[C@@H]3CN(C(=O)OC(C)(C)C)[C@](O)(C2=O)[C@@H]31. The molecule has 0 aromatic rings. The highest BCUT2D eigenvalue weighted by atomic mass is 16.7. The number of amides is 1. The van der Waals surface area contributed by atoms with Crippen molar-refractivity contribution in [3.8, 4) is 0 Å². The van der Waals surface area contributed by atoms with Crippen molar-refractivity contribution in [1.29, 1.82) is 0 Å². The average Bonchev–Trinajstić information content (AvgIpc) is 2.92. The van der Waals surface area contributed by atoms with Gasteiger partial charge in [-0.1, -0.05) is 0 Å². The van der Waals surface area contributed by atoms with E-state index in [9.17, 15) is 14.7 Å². The molecule has 3 aliphatic rings.